The number of aliphatic hydroxyl groups excluding tert-OH is 1. The maximum Gasteiger partial charge on any atom is 0.251 e. The lowest BCUT2D eigenvalue weighted by molar-refractivity contribution is -0.147. The van der Waals surface area contributed by atoms with Crippen LogP contribution in [0, 0.1) is 11.3 Å². The van der Waals surface area contributed by atoms with Gasteiger partial charge in [0.1, 0.15) is 6.10 Å². The van der Waals surface area contributed by atoms with Gasteiger partial charge in [-0.3, -0.25) is 9.59 Å². The molecule has 1 N–H and O–H groups in total. The number of amides is 2. The first-order valence-corrected chi connectivity index (χ1v) is 10.2. The Morgan fingerprint density at radius 2 is 1.81 bits per heavy atom. The smallest absolute Gasteiger partial charge is 0.251 e. The maximum absolute atomic E-state index is 12.5. The number of rotatable bonds is 5. The minimum Gasteiger partial charge on any atom is -0.383 e. The van der Waals surface area contributed by atoms with Crippen LogP contribution in [0.15, 0.2) is 30.3 Å². The minimum atomic E-state index is -0.887. The van der Waals surface area contributed by atoms with E-state index in [9.17, 15) is 14.7 Å². The first kappa shape index (κ1) is 19.9. The highest BCUT2D eigenvalue weighted by molar-refractivity contribution is 5.81. The Kier molecular flexibility index (Phi) is 6.20. The molecule has 2 aliphatic heterocycles. The summed E-state index contributed by atoms with van der Waals surface area (Å²) in [7, 11) is 0. The van der Waals surface area contributed by atoms with E-state index in [1.54, 1.807) is 0 Å². The quantitative estimate of drug-likeness (QED) is 0.865. The molecule has 1 spiro atoms. The summed E-state index contributed by atoms with van der Waals surface area (Å²) in [6, 6.07) is 10.1. The molecule has 0 bridgehead atoms. The molecule has 2 amide bonds. The molecule has 5 nitrogen and oxygen atoms in total. The molecule has 148 valence electrons. The summed E-state index contributed by atoms with van der Waals surface area (Å²) < 4.78 is 0. The SMILES string of the molecule is CC(C)CC(O)C(=O)N1CCC2(CCC(=O)N(Cc3ccccc3)C2)CC1. The van der Waals surface area contributed by atoms with E-state index in [2.05, 4.69) is 12.1 Å². The third-order valence-electron chi connectivity index (χ3n) is 6.08. The molecule has 0 saturated carbocycles. The molecule has 0 aromatic heterocycles. The van der Waals surface area contributed by atoms with Crippen LogP contribution in [0.1, 0.15) is 51.5 Å². The van der Waals surface area contributed by atoms with Crippen LogP contribution in [0.2, 0.25) is 0 Å². The largest absolute Gasteiger partial charge is 0.383 e. The lowest BCUT2D eigenvalue weighted by Gasteiger charge is -2.47. The molecule has 1 atom stereocenters. The van der Waals surface area contributed by atoms with Crippen LogP contribution in [-0.4, -0.2) is 52.5 Å². The van der Waals surface area contributed by atoms with Crippen molar-refractivity contribution in [2.45, 2.75) is 58.6 Å². The average Bonchev–Trinajstić information content (AvgIpc) is 2.65. The summed E-state index contributed by atoms with van der Waals surface area (Å²) in [6.45, 7) is 6.83. The fourth-order valence-corrected chi connectivity index (χ4v) is 4.42. The molecule has 2 heterocycles. The molecular formula is C22H32N2O3. The molecule has 2 aliphatic rings. The summed E-state index contributed by atoms with van der Waals surface area (Å²) in [5.41, 5.74) is 1.27. The standard InChI is InChI=1S/C22H32N2O3/c1-17(2)14-19(25)21(27)23-12-10-22(11-13-23)9-8-20(26)24(16-22)15-18-6-4-3-5-7-18/h3-7,17,19,25H,8-16H2,1-2H3. The van der Waals surface area contributed by atoms with E-state index in [1.165, 1.54) is 0 Å². The number of aliphatic hydroxyl groups is 1. The van der Waals surface area contributed by atoms with Crippen molar-refractivity contribution in [1.29, 1.82) is 0 Å². The van der Waals surface area contributed by atoms with Gasteiger partial charge in [0.2, 0.25) is 5.91 Å². The number of hydrogen-bond acceptors (Lipinski definition) is 3. The van der Waals surface area contributed by atoms with Gasteiger partial charge >= 0.3 is 0 Å². The zero-order valence-electron chi connectivity index (χ0n) is 16.6. The highest BCUT2D eigenvalue weighted by Crippen LogP contribution is 2.40. The van der Waals surface area contributed by atoms with Gasteiger partial charge in [0.25, 0.3) is 5.91 Å². The Morgan fingerprint density at radius 3 is 2.44 bits per heavy atom. The molecule has 5 heteroatoms. The van der Waals surface area contributed by atoms with Crippen molar-refractivity contribution < 1.29 is 14.7 Å². The number of benzene rings is 1. The fourth-order valence-electron chi connectivity index (χ4n) is 4.42. The lowest BCUT2D eigenvalue weighted by atomic mass is 9.72. The Morgan fingerprint density at radius 1 is 1.15 bits per heavy atom. The first-order chi connectivity index (χ1) is 12.9. The van der Waals surface area contributed by atoms with Crippen LogP contribution in [0.3, 0.4) is 0 Å². The van der Waals surface area contributed by atoms with Crippen LogP contribution >= 0.6 is 0 Å². The van der Waals surface area contributed by atoms with Crippen LogP contribution < -0.4 is 0 Å². The number of likely N-dealkylation sites (tertiary alicyclic amines) is 2. The Balaban J connectivity index is 1.58. The van der Waals surface area contributed by atoms with Gasteiger partial charge in [-0.25, -0.2) is 0 Å². The second kappa shape index (κ2) is 8.42. The number of piperidine rings is 2. The van der Waals surface area contributed by atoms with Gasteiger partial charge in [-0.1, -0.05) is 44.2 Å². The number of carbonyl (C=O) groups excluding carboxylic acids is 2. The van der Waals surface area contributed by atoms with E-state index in [0.717, 1.165) is 31.4 Å². The fraction of sp³-hybridized carbons (Fsp3) is 0.636. The van der Waals surface area contributed by atoms with Gasteiger partial charge in [-0.05, 0) is 42.6 Å². The van der Waals surface area contributed by atoms with E-state index in [0.29, 0.717) is 38.4 Å². The molecule has 1 unspecified atom stereocenters. The van der Waals surface area contributed by atoms with Crippen molar-refractivity contribution in [3.63, 3.8) is 0 Å². The highest BCUT2D eigenvalue weighted by atomic mass is 16.3. The minimum absolute atomic E-state index is 0.114. The summed E-state index contributed by atoms with van der Waals surface area (Å²) in [5, 5.41) is 10.1. The van der Waals surface area contributed by atoms with Crippen molar-refractivity contribution in [2.24, 2.45) is 11.3 Å². The van der Waals surface area contributed by atoms with Crippen LogP contribution in [0.4, 0.5) is 0 Å². The topological polar surface area (TPSA) is 60.9 Å². The molecular weight excluding hydrogens is 340 g/mol. The summed E-state index contributed by atoms with van der Waals surface area (Å²) >= 11 is 0. The Labute approximate surface area is 162 Å². The molecule has 1 aromatic rings. The molecule has 1 aromatic carbocycles. The van der Waals surface area contributed by atoms with Crippen molar-refractivity contribution in [1.82, 2.24) is 9.80 Å². The van der Waals surface area contributed by atoms with Crippen molar-refractivity contribution in [2.75, 3.05) is 19.6 Å². The van der Waals surface area contributed by atoms with Gasteiger partial charge in [0.05, 0.1) is 0 Å². The normalized spacial score (nSPS) is 21.0. The Bertz CT molecular complexity index is 651. The Hall–Kier alpha value is -1.88. The molecule has 0 aliphatic carbocycles. The molecule has 2 fully saturated rings. The number of hydrogen-bond donors (Lipinski definition) is 1. The number of nitrogens with zero attached hydrogens (tertiary/aromatic N) is 2. The molecule has 2 saturated heterocycles. The van der Waals surface area contributed by atoms with Crippen LogP contribution in [0.25, 0.3) is 0 Å². The summed E-state index contributed by atoms with van der Waals surface area (Å²) in [4.78, 5) is 28.7. The van der Waals surface area contributed by atoms with E-state index < -0.39 is 6.10 Å². The van der Waals surface area contributed by atoms with Gasteiger partial charge in [0, 0.05) is 32.6 Å². The predicted molar refractivity (Wildman–Crippen MR) is 105 cm³/mol. The highest BCUT2D eigenvalue weighted by Gasteiger charge is 2.42. The van der Waals surface area contributed by atoms with E-state index in [1.807, 2.05) is 41.8 Å². The summed E-state index contributed by atoms with van der Waals surface area (Å²) in [5.74, 6) is 0.401. The van der Waals surface area contributed by atoms with Crippen LogP contribution in [0.5, 0.6) is 0 Å². The van der Waals surface area contributed by atoms with E-state index in [4.69, 9.17) is 0 Å². The van der Waals surface area contributed by atoms with Gasteiger partial charge in [0.15, 0.2) is 0 Å². The molecule has 0 radical (unpaired) electrons. The first-order valence-electron chi connectivity index (χ1n) is 10.2. The number of carbonyl (C=O) groups is 2. The van der Waals surface area contributed by atoms with Gasteiger partial charge in [-0.2, -0.15) is 0 Å². The monoisotopic (exact) mass is 372 g/mol. The van der Waals surface area contributed by atoms with E-state index >= 15 is 0 Å². The molecule has 27 heavy (non-hydrogen) atoms. The van der Waals surface area contributed by atoms with Crippen molar-refractivity contribution in [3.8, 4) is 0 Å². The zero-order valence-corrected chi connectivity index (χ0v) is 16.6. The van der Waals surface area contributed by atoms with Gasteiger partial charge in [-0.15, -0.1) is 0 Å². The molecule has 3 rings (SSSR count). The lowest BCUT2D eigenvalue weighted by Crippen LogP contribution is -2.53. The van der Waals surface area contributed by atoms with Crippen molar-refractivity contribution in [3.05, 3.63) is 35.9 Å². The third-order valence-corrected chi connectivity index (χ3v) is 6.08. The summed E-state index contributed by atoms with van der Waals surface area (Å²) in [6.07, 6.45) is 2.95. The van der Waals surface area contributed by atoms with Gasteiger partial charge < -0.3 is 14.9 Å². The second-order valence-corrected chi connectivity index (χ2v) is 8.71. The predicted octanol–water partition coefficient (Wildman–Crippen LogP) is 2.82. The average molecular weight is 373 g/mol. The van der Waals surface area contributed by atoms with Crippen molar-refractivity contribution >= 4 is 11.8 Å². The van der Waals surface area contributed by atoms with E-state index in [-0.39, 0.29) is 17.2 Å². The van der Waals surface area contributed by atoms with Crippen LogP contribution in [-0.2, 0) is 16.1 Å². The third kappa shape index (κ3) is 4.89. The maximum atomic E-state index is 12.5. The second-order valence-electron chi connectivity index (χ2n) is 8.71. The zero-order chi connectivity index (χ0) is 19.4.